The maximum absolute atomic E-state index is 12.0. The van der Waals surface area contributed by atoms with Gasteiger partial charge in [-0.1, -0.05) is 26.0 Å². The molecule has 1 aliphatic heterocycles. The van der Waals surface area contributed by atoms with Gasteiger partial charge in [0.05, 0.1) is 17.6 Å². The van der Waals surface area contributed by atoms with Crippen molar-refractivity contribution in [3.8, 4) is 22.6 Å². The van der Waals surface area contributed by atoms with Crippen LogP contribution < -0.4 is 5.32 Å². The number of nitrogens with one attached hydrogen (secondary N) is 2. The topological polar surface area (TPSA) is 96.4 Å². The summed E-state index contributed by atoms with van der Waals surface area (Å²) in [5.41, 5.74) is 4.19. The Morgan fingerprint density at radius 1 is 1.20 bits per heavy atom. The van der Waals surface area contributed by atoms with Gasteiger partial charge >= 0.3 is 0 Å². The van der Waals surface area contributed by atoms with Crippen LogP contribution in [0.5, 0.6) is 0 Å². The molecule has 0 saturated heterocycles. The van der Waals surface area contributed by atoms with E-state index in [2.05, 4.69) is 25.5 Å². The van der Waals surface area contributed by atoms with Crippen LogP contribution in [0.3, 0.4) is 0 Å². The third-order valence-corrected chi connectivity index (χ3v) is 4.49. The molecule has 7 nitrogen and oxygen atoms in total. The van der Waals surface area contributed by atoms with Crippen LogP contribution in [0, 0.1) is 12.3 Å². The van der Waals surface area contributed by atoms with Crippen molar-refractivity contribution in [2.75, 3.05) is 5.32 Å². The number of carbonyl (C=O) groups excluding carboxylic acids is 1. The SMILES string of the molecule is Cc1cc(-c2ncn[nH]2)ccc1-c1cnc2c(n1)CC(C)(C)C(=O)N2. The molecule has 3 aromatic rings. The number of fused-ring (bicyclic) bond motifs is 1. The lowest BCUT2D eigenvalue weighted by Gasteiger charge is -2.29. The second kappa shape index (κ2) is 5.47. The molecule has 1 amide bonds. The van der Waals surface area contributed by atoms with E-state index in [1.54, 1.807) is 6.20 Å². The number of anilines is 1. The number of rotatable bonds is 2. The average Bonchev–Trinajstić information content (AvgIpc) is 3.10. The molecule has 25 heavy (non-hydrogen) atoms. The number of nitrogens with zero attached hydrogens (tertiary/aromatic N) is 4. The molecule has 1 aromatic carbocycles. The number of benzene rings is 1. The number of carbonyl (C=O) groups is 1. The lowest BCUT2D eigenvalue weighted by molar-refractivity contribution is -0.124. The van der Waals surface area contributed by atoms with E-state index in [1.807, 2.05) is 39.0 Å². The fraction of sp³-hybridized carbons (Fsp3) is 0.278. The highest BCUT2D eigenvalue weighted by Crippen LogP contribution is 2.33. The van der Waals surface area contributed by atoms with Crippen molar-refractivity contribution < 1.29 is 4.79 Å². The van der Waals surface area contributed by atoms with E-state index in [1.165, 1.54) is 6.33 Å². The number of aryl methyl sites for hydroxylation is 1. The van der Waals surface area contributed by atoms with Crippen molar-refractivity contribution in [3.63, 3.8) is 0 Å². The lowest BCUT2D eigenvalue weighted by atomic mass is 9.84. The molecule has 3 heterocycles. The van der Waals surface area contributed by atoms with Crippen molar-refractivity contribution in [1.29, 1.82) is 0 Å². The summed E-state index contributed by atoms with van der Waals surface area (Å²) in [6.07, 6.45) is 3.77. The van der Waals surface area contributed by atoms with Crippen molar-refractivity contribution in [2.45, 2.75) is 27.2 Å². The van der Waals surface area contributed by atoms with Gasteiger partial charge in [0.25, 0.3) is 0 Å². The zero-order valence-corrected chi connectivity index (χ0v) is 14.3. The Labute approximate surface area is 144 Å². The smallest absolute Gasteiger partial charge is 0.231 e. The normalized spacial score (nSPS) is 15.6. The van der Waals surface area contributed by atoms with Gasteiger partial charge in [-0.05, 0) is 18.6 Å². The molecule has 2 aromatic heterocycles. The summed E-state index contributed by atoms with van der Waals surface area (Å²) in [7, 11) is 0. The number of amides is 1. The Morgan fingerprint density at radius 3 is 2.76 bits per heavy atom. The first kappa shape index (κ1) is 15.4. The number of aromatic amines is 1. The van der Waals surface area contributed by atoms with Crippen LogP contribution in [0.4, 0.5) is 5.82 Å². The average molecular weight is 334 g/mol. The Kier molecular flexibility index (Phi) is 3.38. The van der Waals surface area contributed by atoms with Gasteiger partial charge < -0.3 is 5.32 Å². The summed E-state index contributed by atoms with van der Waals surface area (Å²) in [5.74, 6) is 1.27. The van der Waals surface area contributed by atoms with Crippen molar-refractivity contribution >= 4 is 11.7 Å². The number of aromatic nitrogens is 5. The first-order chi connectivity index (χ1) is 11.9. The molecule has 0 bridgehead atoms. The summed E-state index contributed by atoms with van der Waals surface area (Å²) in [5, 5.41) is 9.59. The Bertz CT molecular complexity index is 962. The van der Waals surface area contributed by atoms with E-state index in [0.29, 0.717) is 12.2 Å². The van der Waals surface area contributed by atoms with E-state index >= 15 is 0 Å². The second-order valence-electron chi connectivity index (χ2n) is 6.93. The van der Waals surface area contributed by atoms with Crippen molar-refractivity contribution in [3.05, 3.63) is 42.0 Å². The molecule has 4 rings (SSSR count). The summed E-state index contributed by atoms with van der Waals surface area (Å²) in [6.45, 7) is 5.86. The Balaban J connectivity index is 1.73. The third kappa shape index (κ3) is 2.67. The summed E-state index contributed by atoms with van der Waals surface area (Å²) < 4.78 is 0. The molecule has 7 heteroatoms. The van der Waals surface area contributed by atoms with Crippen LogP contribution in [-0.4, -0.2) is 31.1 Å². The van der Waals surface area contributed by atoms with E-state index in [9.17, 15) is 4.79 Å². The molecule has 0 atom stereocenters. The van der Waals surface area contributed by atoms with Gasteiger partial charge in [-0.15, -0.1) is 0 Å². The molecular formula is C18H18N6O. The van der Waals surface area contributed by atoms with Crippen LogP contribution in [0.2, 0.25) is 0 Å². The maximum Gasteiger partial charge on any atom is 0.231 e. The molecule has 0 spiro atoms. The van der Waals surface area contributed by atoms with E-state index in [4.69, 9.17) is 4.98 Å². The highest BCUT2D eigenvalue weighted by Gasteiger charge is 2.35. The standard InChI is InChI=1S/C18H18N6O/c1-10-6-11(15-20-9-21-24-15)4-5-12(10)14-8-19-16-13(22-14)7-18(2,3)17(25)23-16/h4-6,8-9H,7H2,1-3H3,(H,19,23,25)(H,20,21,24). The molecule has 0 aliphatic carbocycles. The molecular weight excluding hydrogens is 316 g/mol. The van der Waals surface area contributed by atoms with Gasteiger partial charge in [-0.3, -0.25) is 9.89 Å². The second-order valence-corrected chi connectivity index (χ2v) is 6.93. The molecule has 126 valence electrons. The van der Waals surface area contributed by atoms with Gasteiger partial charge in [0.2, 0.25) is 5.91 Å². The summed E-state index contributed by atoms with van der Waals surface area (Å²) in [4.78, 5) is 25.4. The van der Waals surface area contributed by atoms with Gasteiger partial charge in [-0.2, -0.15) is 5.10 Å². The zero-order chi connectivity index (χ0) is 17.6. The van der Waals surface area contributed by atoms with E-state index < -0.39 is 5.41 Å². The molecule has 0 saturated carbocycles. The van der Waals surface area contributed by atoms with Gasteiger partial charge in [-0.25, -0.2) is 15.0 Å². The highest BCUT2D eigenvalue weighted by atomic mass is 16.2. The molecule has 1 aliphatic rings. The fourth-order valence-corrected chi connectivity index (χ4v) is 3.00. The van der Waals surface area contributed by atoms with Crippen LogP contribution in [0.25, 0.3) is 22.6 Å². The minimum atomic E-state index is -0.481. The van der Waals surface area contributed by atoms with Gasteiger partial charge in [0, 0.05) is 23.0 Å². The molecule has 2 N–H and O–H groups in total. The predicted octanol–water partition coefficient (Wildman–Crippen LogP) is 2.76. The monoisotopic (exact) mass is 334 g/mol. The minimum absolute atomic E-state index is 0.0189. The van der Waals surface area contributed by atoms with Crippen LogP contribution in [0.1, 0.15) is 25.1 Å². The molecule has 0 fully saturated rings. The molecule has 0 unspecified atom stereocenters. The fourth-order valence-electron chi connectivity index (χ4n) is 3.00. The third-order valence-electron chi connectivity index (χ3n) is 4.49. The zero-order valence-electron chi connectivity index (χ0n) is 14.3. The number of H-pyrrole nitrogens is 1. The van der Waals surface area contributed by atoms with E-state index in [0.717, 1.165) is 33.9 Å². The Hall–Kier alpha value is -3.09. The van der Waals surface area contributed by atoms with Crippen LogP contribution in [0.15, 0.2) is 30.7 Å². The number of hydrogen-bond acceptors (Lipinski definition) is 5. The summed E-state index contributed by atoms with van der Waals surface area (Å²) in [6, 6.07) is 6.04. The largest absolute Gasteiger partial charge is 0.309 e. The number of hydrogen-bond donors (Lipinski definition) is 2. The predicted molar refractivity (Wildman–Crippen MR) is 93.7 cm³/mol. The first-order valence-electron chi connectivity index (χ1n) is 8.08. The van der Waals surface area contributed by atoms with Crippen molar-refractivity contribution in [2.24, 2.45) is 5.41 Å². The lowest BCUT2D eigenvalue weighted by Crippen LogP contribution is -2.38. The Morgan fingerprint density at radius 2 is 2.04 bits per heavy atom. The van der Waals surface area contributed by atoms with Gasteiger partial charge in [0.15, 0.2) is 11.6 Å². The van der Waals surface area contributed by atoms with E-state index in [-0.39, 0.29) is 5.91 Å². The maximum atomic E-state index is 12.0. The molecule has 0 radical (unpaired) electrons. The first-order valence-corrected chi connectivity index (χ1v) is 8.08. The van der Waals surface area contributed by atoms with Gasteiger partial charge in [0.1, 0.15) is 6.33 Å². The summed E-state index contributed by atoms with van der Waals surface area (Å²) >= 11 is 0. The minimum Gasteiger partial charge on any atom is -0.309 e. The van der Waals surface area contributed by atoms with Crippen molar-refractivity contribution in [1.82, 2.24) is 25.1 Å². The highest BCUT2D eigenvalue weighted by molar-refractivity contribution is 5.96. The van der Waals surface area contributed by atoms with Crippen LogP contribution >= 0.6 is 0 Å². The van der Waals surface area contributed by atoms with Crippen LogP contribution in [-0.2, 0) is 11.2 Å². The quantitative estimate of drug-likeness (QED) is 0.751.